The van der Waals surface area contributed by atoms with Gasteiger partial charge in [-0.15, -0.1) is 0 Å². The van der Waals surface area contributed by atoms with Gasteiger partial charge in [0.2, 0.25) is 5.95 Å². The molecule has 8 heteroatoms. The molecule has 164 valence electrons. The van der Waals surface area contributed by atoms with Crippen LogP contribution in [0.4, 0.5) is 4.39 Å². The summed E-state index contributed by atoms with van der Waals surface area (Å²) in [5.74, 6) is -0.640. The first-order valence-electron chi connectivity index (χ1n) is 10.1. The molecule has 1 N–H and O–H groups in total. The summed E-state index contributed by atoms with van der Waals surface area (Å²) in [6, 6.07) is 17.5. The van der Waals surface area contributed by atoms with Crippen molar-refractivity contribution in [1.29, 1.82) is 0 Å². The molecule has 5 nitrogen and oxygen atoms in total. The molecule has 3 aromatic heterocycles. The minimum Gasteiger partial charge on any atom is -0.374 e. The van der Waals surface area contributed by atoms with Crippen molar-refractivity contribution >= 4 is 34.1 Å². The number of halogens is 3. The van der Waals surface area contributed by atoms with Crippen LogP contribution < -0.4 is 0 Å². The third-order valence-corrected chi connectivity index (χ3v) is 6.36. The lowest BCUT2D eigenvalue weighted by Gasteiger charge is -2.29. The normalized spacial score (nSPS) is 13.2. The van der Waals surface area contributed by atoms with E-state index >= 15 is 0 Å². The number of imidazole rings is 1. The minimum absolute atomic E-state index is 0.288. The Labute approximate surface area is 199 Å². The Balaban J connectivity index is 1.78. The zero-order chi connectivity index (χ0) is 23.2. The van der Waals surface area contributed by atoms with Gasteiger partial charge in [0, 0.05) is 29.8 Å². The van der Waals surface area contributed by atoms with E-state index in [0.29, 0.717) is 38.3 Å². The van der Waals surface area contributed by atoms with Crippen LogP contribution in [-0.2, 0) is 12.6 Å². The number of hydrogen-bond donors (Lipinski definition) is 1. The van der Waals surface area contributed by atoms with Crippen LogP contribution in [0.5, 0.6) is 0 Å². The fourth-order valence-electron chi connectivity index (χ4n) is 4.03. The second kappa shape index (κ2) is 8.23. The highest BCUT2D eigenvalue weighted by molar-refractivity contribution is 6.42. The molecule has 0 aliphatic carbocycles. The molecule has 0 aliphatic heterocycles. The van der Waals surface area contributed by atoms with Crippen molar-refractivity contribution in [3.8, 4) is 11.1 Å². The van der Waals surface area contributed by atoms with E-state index in [0.717, 1.165) is 5.56 Å². The molecule has 0 saturated heterocycles. The Bertz CT molecular complexity index is 1470. The van der Waals surface area contributed by atoms with E-state index in [-0.39, 0.29) is 5.15 Å². The van der Waals surface area contributed by atoms with E-state index in [1.807, 2.05) is 30.3 Å². The standard InChI is InChI=1S/C25H17Cl2FN4O/c1-32-14-29-13-20(32)25(33,17-8-10-21(28)30-12-17)16-7-9-19-18(11-16)23(26)22(24(27)31-19)15-5-3-2-4-6-15/h2-14,33H,1H3. The molecule has 3 heterocycles. The number of aryl methyl sites for hydroxylation is 1. The van der Waals surface area contributed by atoms with Gasteiger partial charge in [0.05, 0.1) is 28.8 Å². The molecule has 1 unspecified atom stereocenters. The van der Waals surface area contributed by atoms with E-state index < -0.39 is 11.5 Å². The molecule has 0 spiro atoms. The molecule has 2 aromatic carbocycles. The second-order valence-corrected chi connectivity index (χ2v) is 8.40. The van der Waals surface area contributed by atoms with Gasteiger partial charge in [-0.2, -0.15) is 4.39 Å². The molecule has 0 aliphatic rings. The number of pyridine rings is 2. The Morgan fingerprint density at radius 1 is 0.970 bits per heavy atom. The van der Waals surface area contributed by atoms with Gasteiger partial charge in [-0.1, -0.05) is 59.6 Å². The largest absolute Gasteiger partial charge is 0.374 e. The highest BCUT2D eigenvalue weighted by Crippen LogP contribution is 2.42. The second-order valence-electron chi connectivity index (χ2n) is 7.66. The van der Waals surface area contributed by atoms with Gasteiger partial charge in [-0.3, -0.25) is 0 Å². The number of nitrogens with zero attached hydrogens (tertiary/aromatic N) is 4. The predicted molar refractivity (Wildman–Crippen MR) is 127 cm³/mol. The number of aliphatic hydroxyl groups is 1. The van der Waals surface area contributed by atoms with Crippen molar-refractivity contribution in [3.63, 3.8) is 0 Å². The molecule has 5 aromatic rings. The molecule has 5 rings (SSSR count). The van der Waals surface area contributed by atoms with Crippen LogP contribution in [0.25, 0.3) is 22.0 Å². The Kier molecular flexibility index (Phi) is 5.37. The summed E-state index contributed by atoms with van der Waals surface area (Å²) in [5, 5.41) is 13.4. The van der Waals surface area contributed by atoms with Crippen molar-refractivity contribution in [2.45, 2.75) is 5.60 Å². The van der Waals surface area contributed by atoms with Gasteiger partial charge in [0.15, 0.2) is 5.60 Å². The first-order chi connectivity index (χ1) is 15.9. The summed E-state index contributed by atoms with van der Waals surface area (Å²) in [6.45, 7) is 0. The van der Waals surface area contributed by atoms with Crippen LogP contribution in [0.3, 0.4) is 0 Å². The average molecular weight is 479 g/mol. The maximum Gasteiger partial charge on any atom is 0.212 e. The smallest absolute Gasteiger partial charge is 0.212 e. The third-order valence-electron chi connectivity index (χ3n) is 5.69. The van der Waals surface area contributed by atoms with Gasteiger partial charge >= 0.3 is 0 Å². The molecule has 0 radical (unpaired) electrons. The first-order valence-corrected chi connectivity index (χ1v) is 10.8. The monoisotopic (exact) mass is 478 g/mol. The van der Waals surface area contributed by atoms with E-state index in [4.69, 9.17) is 23.2 Å². The van der Waals surface area contributed by atoms with Gasteiger partial charge in [-0.05, 0) is 35.4 Å². The summed E-state index contributed by atoms with van der Waals surface area (Å²) in [7, 11) is 1.77. The molecular weight excluding hydrogens is 462 g/mol. The maximum absolute atomic E-state index is 13.6. The minimum atomic E-state index is -1.67. The lowest BCUT2D eigenvalue weighted by molar-refractivity contribution is 0.117. The summed E-state index contributed by atoms with van der Waals surface area (Å²) < 4.78 is 15.3. The van der Waals surface area contributed by atoms with E-state index in [1.54, 1.807) is 42.3 Å². The first kappa shape index (κ1) is 21.5. The SMILES string of the molecule is Cn1cncc1C(O)(c1ccc(F)nc1)c1ccc2nc(Cl)c(-c3ccccc3)c(Cl)c2c1. The molecule has 0 bridgehead atoms. The zero-order valence-corrected chi connectivity index (χ0v) is 18.9. The lowest BCUT2D eigenvalue weighted by atomic mass is 9.83. The average Bonchev–Trinajstić information content (AvgIpc) is 3.26. The zero-order valence-electron chi connectivity index (χ0n) is 17.4. The fraction of sp³-hybridized carbons (Fsp3) is 0.0800. The van der Waals surface area contributed by atoms with E-state index in [9.17, 15) is 9.50 Å². The van der Waals surface area contributed by atoms with Crippen LogP contribution in [-0.4, -0.2) is 24.6 Å². The van der Waals surface area contributed by atoms with Crippen LogP contribution >= 0.6 is 23.2 Å². The van der Waals surface area contributed by atoms with Gasteiger partial charge < -0.3 is 9.67 Å². The highest BCUT2D eigenvalue weighted by Gasteiger charge is 2.37. The Hall–Kier alpha value is -3.32. The number of hydrogen-bond acceptors (Lipinski definition) is 4. The number of benzene rings is 2. The molecular formula is C25H17Cl2FN4O. The van der Waals surface area contributed by atoms with E-state index in [2.05, 4.69) is 15.0 Å². The predicted octanol–water partition coefficient (Wildman–Crippen LogP) is 5.76. The van der Waals surface area contributed by atoms with Gasteiger partial charge in [-0.25, -0.2) is 15.0 Å². The van der Waals surface area contributed by atoms with E-state index in [1.165, 1.54) is 18.3 Å². The van der Waals surface area contributed by atoms with Crippen molar-refractivity contribution in [3.05, 3.63) is 112 Å². The van der Waals surface area contributed by atoms with Crippen LogP contribution in [0.1, 0.15) is 16.8 Å². The van der Waals surface area contributed by atoms with Gasteiger partial charge in [0.25, 0.3) is 0 Å². The van der Waals surface area contributed by atoms with Crippen molar-refractivity contribution in [1.82, 2.24) is 19.5 Å². The number of rotatable bonds is 4. The maximum atomic E-state index is 13.6. The number of aromatic nitrogens is 4. The van der Waals surface area contributed by atoms with Crippen LogP contribution in [0.15, 0.2) is 79.4 Å². The summed E-state index contributed by atoms with van der Waals surface area (Å²) in [4.78, 5) is 12.4. The van der Waals surface area contributed by atoms with Crippen molar-refractivity contribution in [2.75, 3.05) is 0 Å². The van der Waals surface area contributed by atoms with Crippen molar-refractivity contribution < 1.29 is 9.50 Å². The number of fused-ring (bicyclic) bond motifs is 1. The Morgan fingerprint density at radius 2 is 1.73 bits per heavy atom. The highest BCUT2D eigenvalue weighted by atomic mass is 35.5. The molecule has 0 saturated carbocycles. The van der Waals surface area contributed by atoms with Crippen LogP contribution in [0.2, 0.25) is 10.2 Å². The molecule has 0 amide bonds. The summed E-state index contributed by atoms with van der Waals surface area (Å²) >= 11 is 13.3. The van der Waals surface area contributed by atoms with Crippen LogP contribution in [0, 0.1) is 5.95 Å². The third kappa shape index (κ3) is 3.56. The Morgan fingerprint density at radius 3 is 2.39 bits per heavy atom. The topological polar surface area (TPSA) is 63.8 Å². The fourth-order valence-corrected chi connectivity index (χ4v) is 4.72. The molecule has 0 fully saturated rings. The quantitative estimate of drug-likeness (QED) is 0.333. The van der Waals surface area contributed by atoms with Gasteiger partial charge in [0.1, 0.15) is 5.15 Å². The molecule has 1 atom stereocenters. The summed E-state index contributed by atoms with van der Waals surface area (Å²) in [5.41, 5.74) is 1.71. The molecule has 33 heavy (non-hydrogen) atoms. The van der Waals surface area contributed by atoms with Crippen molar-refractivity contribution in [2.24, 2.45) is 7.05 Å². The lowest BCUT2D eigenvalue weighted by Crippen LogP contribution is -2.31. The summed E-state index contributed by atoms with van der Waals surface area (Å²) in [6.07, 6.45) is 4.45.